The largest absolute Gasteiger partial charge is 0.399 e. The van der Waals surface area contributed by atoms with E-state index in [1.54, 1.807) is 29.1 Å². The maximum absolute atomic E-state index is 11.6. The van der Waals surface area contributed by atoms with Crippen LogP contribution in [0.4, 0.5) is 5.69 Å². The number of hydrogen-bond acceptors (Lipinski definition) is 3. The van der Waals surface area contributed by atoms with Crippen LogP contribution >= 0.6 is 0 Å². The van der Waals surface area contributed by atoms with E-state index >= 15 is 0 Å². The van der Waals surface area contributed by atoms with E-state index in [4.69, 9.17) is 12.2 Å². The van der Waals surface area contributed by atoms with Gasteiger partial charge in [-0.3, -0.25) is 4.79 Å². The standard InChI is InChI=1S/C13H12N4O/c1-2-7-15-13(18)12-6-8-17(16-12)11-5-3-4-10(14)9-11/h1,3-6,8-9H,7,14H2,(H,15,18). The van der Waals surface area contributed by atoms with Crippen molar-refractivity contribution in [1.29, 1.82) is 0 Å². The van der Waals surface area contributed by atoms with Gasteiger partial charge in [-0.1, -0.05) is 12.0 Å². The molecule has 5 nitrogen and oxygen atoms in total. The Kier molecular flexibility index (Phi) is 3.30. The van der Waals surface area contributed by atoms with Crippen molar-refractivity contribution in [1.82, 2.24) is 15.1 Å². The molecular weight excluding hydrogens is 228 g/mol. The van der Waals surface area contributed by atoms with Crippen molar-refractivity contribution in [2.24, 2.45) is 0 Å². The quantitative estimate of drug-likeness (QED) is 0.616. The van der Waals surface area contributed by atoms with Gasteiger partial charge in [0.1, 0.15) is 0 Å². The fraction of sp³-hybridized carbons (Fsp3) is 0.0769. The molecule has 0 saturated carbocycles. The number of aromatic nitrogens is 2. The Balaban J connectivity index is 2.21. The highest BCUT2D eigenvalue weighted by atomic mass is 16.1. The molecule has 1 amide bonds. The molecule has 18 heavy (non-hydrogen) atoms. The number of benzene rings is 1. The minimum atomic E-state index is -0.296. The molecule has 0 aliphatic carbocycles. The summed E-state index contributed by atoms with van der Waals surface area (Å²) in [5, 5.41) is 6.70. The van der Waals surface area contributed by atoms with Gasteiger partial charge in [0.25, 0.3) is 5.91 Å². The summed E-state index contributed by atoms with van der Waals surface area (Å²) in [7, 11) is 0. The second kappa shape index (κ2) is 5.06. The van der Waals surface area contributed by atoms with Crippen molar-refractivity contribution in [2.45, 2.75) is 0 Å². The first-order valence-corrected chi connectivity index (χ1v) is 5.34. The van der Waals surface area contributed by atoms with Gasteiger partial charge < -0.3 is 11.1 Å². The van der Waals surface area contributed by atoms with Crippen molar-refractivity contribution in [3.05, 3.63) is 42.2 Å². The minimum Gasteiger partial charge on any atom is -0.399 e. The van der Waals surface area contributed by atoms with Gasteiger partial charge in [-0.2, -0.15) is 5.10 Å². The Hall–Kier alpha value is -2.74. The van der Waals surface area contributed by atoms with Crippen LogP contribution in [-0.4, -0.2) is 22.2 Å². The number of rotatable bonds is 3. The first-order valence-electron chi connectivity index (χ1n) is 5.34. The molecule has 0 aliphatic rings. The number of nitrogens with one attached hydrogen (secondary N) is 1. The number of carbonyl (C=O) groups is 1. The van der Waals surface area contributed by atoms with E-state index in [2.05, 4.69) is 16.3 Å². The molecule has 0 unspecified atom stereocenters. The highest BCUT2D eigenvalue weighted by Gasteiger charge is 2.08. The minimum absolute atomic E-state index is 0.185. The van der Waals surface area contributed by atoms with Crippen LogP contribution in [0.3, 0.4) is 0 Å². The summed E-state index contributed by atoms with van der Waals surface area (Å²) in [4.78, 5) is 11.6. The third-order valence-electron chi connectivity index (χ3n) is 2.31. The van der Waals surface area contributed by atoms with E-state index in [9.17, 15) is 4.79 Å². The van der Waals surface area contributed by atoms with Gasteiger partial charge in [0.05, 0.1) is 12.2 Å². The topological polar surface area (TPSA) is 72.9 Å². The van der Waals surface area contributed by atoms with Gasteiger partial charge in [0.2, 0.25) is 0 Å². The lowest BCUT2D eigenvalue weighted by Crippen LogP contribution is -2.24. The summed E-state index contributed by atoms with van der Waals surface area (Å²) in [6.07, 6.45) is 6.76. The molecule has 0 fully saturated rings. The number of nitrogens with zero attached hydrogens (tertiary/aromatic N) is 2. The van der Waals surface area contributed by atoms with Crippen LogP contribution in [0.2, 0.25) is 0 Å². The Morgan fingerprint density at radius 3 is 3.06 bits per heavy atom. The van der Waals surface area contributed by atoms with E-state index in [0.717, 1.165) is 5.69 Å². The zero-order valence-electron chi connectivity index (χ0n) is 9.63. The summed E-state index contributed by atoms with van der Waals surface area (Å²) < 4.78 is 1.58. The molecule has 0 saturated heterocycles. The molecule has 2 rings (SSSR count). The summed E-state index contributed by atoms with van der Waals surface area (Å²) in [6.45, 7) is 0.185. The van der Waals surface area contributed by atoms with Crippen LogP contribution in [0.25, 0.3) is 5.69 Å². The number of anilines is 1. The Bertz CT molecular complexity index is 609. The Morgan fingerprint density at radius 2 is 2.33 bits per heavy atom. The average Bonchev–Trinajstić information content (AvgIpc) is 2.85. The Morgan fingerprint density at radius 1 is 1.50 bits per heavy atom. The fourth-order valence-corrected chi connectivity index (χ4v) is 1.48. The number of nitrogens with two attached hydrogens (primary N) is 1. The molecule has 0 spiro atoms. The lowest BCUT2D eigenvalue weighted by Gasteiger charge is -2.02. The molecule has 1 aromatic carbocycles. The van der Waals surface area contributed by atoms with Crippen LogP contribution in [0.15, 0.2) is 36.5 Å². The van der Waals surface area contributed by atoms with Gasteiger partial charge in [-0.15, -0.1) is 6.42 Å². The zero-order chi connectivity index (χ0) is 13.0. The second-order valence-corrected chi connectivity index (χ2v) is 3.63. The molecule has 1 heterocycles. The summed E-state index contributed by atoms with van der Waals surface area (Å²) in [5.74, 6) is 2.04. The maximum Gasteiger partial charge on any atom is 0.272 e. The lowest BCUT2D eigenvalue weighted by molar-refractivity contribution is 0.0953. The third-order valence-corrected chi connectivity index (χ3v) is 2.31. The highest BCUT2D eigenvalue weighted by Crippen LogP contribution is 2.11. The van der Waals surface area contributed by atoms with Crippen molar-refractivity contribution in [3.63, 3.8) is 0 Å². The average molecular weight is 240 g/mol. The van der Waals surface area contributed by atoms with E-state index in [-0.39, 0.29) is 12.5 Å². The van der Waals surface area contributed by atoms with E-state index in [0.29, 0.717) is 11.4 Å². The van der Waals surface area contributed by atoms with Crippen molar-refractivity contribution < 1.29 is 4.79 Å². The van der Waals surface area contributed by atoms with Crippen LogP contribution < -0.4 is 11.1 Å². The molecular formula is C13H12N4O. The second-order valence-electron chi connectivity index (χ2n) is 3.63. The van der Waals surface area contributed by atoms with Crippen LogP contribution in [0.5, 0.6) is 0 Å². The number of nitrogen functional groups attached to an aromatic ring is 1. The van der Waals surface area contributed by atoms with Crippen LogP contribution in [0, 0.1) is 12.3 Å². The SMILES string of the molecule is C#CCNC(=O)c1ccn(-c2cccc(N)c2)n1. The van der Waals surface area contributed by atoms with Gasteiger partial charge in [0, 0.05) is 11.9 Å². The third kappa shape index (κ3) is 2.50. The zero-order valence-corrected chi connectivity index (χ0v) is 9.63. The van der Waals surface area contributed by atoms with Gasteiger partial charge >= 0.3 is 0 Å². The monoisotopic (exact) mass is 240 g/mol. The number of amides is 1. The first kappa shape index (κ1) is 11.7. The smallest absolute Gasteiger partial charge is 0.272 e. The number of carbonyl (C=O) groups excluding carboxylic acids is 1. The number of terminal acetylenes is 1. The van der Waals surface area contributed by atoms with Crippen LogP contribution in [0.1, 0.15) is 10.5 Å². The molecule has 0 radical (unpaired) electrons. The maximum atomic E-state index is 11.6. The van der Waals surface area contributed by atoms with Gasteiger partial charge in [-0.25, -0.2) is 4.68 Å². The van der Waals surface area contributed by atoms with Gasteiger partial charge in [-0.05, 0) is 24.3 Å². The molecule has 0 atom stereocenters. The van der Waals surface area contributed by atoms with Crippen molar-refractivity contribution in [2.75, 3.05) is 12.3 Å². The molecule has 3 N–H and O–H groups in total. The van der Waals surface area contributed by atoms with E-state index in [1.807, 2.05) is 12.1 Å². The highest BCUT2D eigenvalue weighted by molar-refractivity contribution is 5.92. The molecule has 5 heteroatoms. The molecule has 90 valence electrons. The molecule has 1 aromatic heterocycles. The summed E-state index contributed by atoms with van der Waals surface area (Å²) in [5.41, 5.74) is 7.44. The van der Waals surface area contributed by atoms with Gasteiger partial charge in [0.15, 0.2) is 5.69 Å². The van der Waals surface area contributed by atoms with E-state index < -0.39 is 0 Å². The van der Waals surface area contributed by atoms with Crippen LogP contribution in [-0.2, 0) is 0 Å². The summed E-state index contributed by atoms with van der Waals surface area (Å²) in [6, 6.07) is 8.86. The summed E-state index contributed by atoms with van der Waals surface area (Å²) >= 11 is 0. The normalized spacial score (nSPS) is 9.72. The molecule has 0 aliphatic heterocycles. The predicted octanol–water partition coefficient (Wildman–Crippen LogP) is 0.818. The predicted molar refractivity (Wildman–Crippen MR) is 69.1 cm³/mol. The first-order chi connectivity index (χ1) is 8.70. The lowest BCUT2D eigenvalue weighted by atomic mass is 10.3. The fourth-order valence-electron chi connectivity index (χ4n) is 1.48. The number of hydrogen-bond donors (Lipinski definition) is 2. The Labute approximate surface area is 105 Å². The van der Waals surface area contributed by atoms with Crippen molar-refractivity contribution in [3.8, 4) is 18.0 Å². The molecule has 0 bridgehead atoms. The van der Waals surface area contributed by atoms with Crippen molar-refractivity contribution >= 4 is 11.6 Å². The molecule has 2 aromatic rings. The van der Waals surface area contributed by atoms with E-state index in [1.165, 1.54) is 0 Å².